The van der Waals surface area contributed by atoms with E-state index in [2.05, 4.69) is 5.09 Å². The zero-order chi connectivity index (χ0) is 36.3. The standard InChI is InChI=1S/C46H38N2O3P2/c49-45-46(38-26-12-3-13-27-38,43(36-22-8-1-9-23-36)47-52(50,39-28-14-4-15-29-39)40-30-16-5-17-31-40)44(37-24-10-2-11-25-37)48(45)53(51,41-32-18-6-19-33-41)42-34-20-7-21-35-42/h1-35,43-44H,(H,47,50)/t43?,44-,46+/m1/s1. The Morgan fingerprint density at radius 1 is 0.472 bits per heavy atom. The first-order valence-corrected chi connectivity index (χ1v) is 21.1. The Kier molecular flexibility index (Phi) is 9.41. The summed E-state index contributed by atoms with van der Waals surface area (Å²) in [5, 5.41) is 6.08. The van der Waals surface area contributed by atoms with E-state index in [1.54, 1.807) is 4.67 Å². The Morgan fingerprint density at radius 2 is 0.830 bits per heavy atom. The topological polar surface area (TPSA) is 66.5 Å². The fourth-order valence-electron chi connectivity index (χ4n) is 7.82. The minimum atomic E-state index is -3.82. The summed E-state index contributed by atoms with van der Waals surface area (Å²) in [6.45, 7) is 0. The van der Waals surface area contributed by atoms with Gasteiger partial charge in [-0.05, 0) is 65.2 Å². The van der Waals surface area contributed by atoms with Crippen molar-refractivity contribution in [2.75, 3.05) is 0 Å². The largest absolute Gasteiger partial charge is 0.297 e. The van der Waals surface area contributed by atoms with Crippen LogP contribution in [0.3, 0.4) is 0 Å². The monoisotopic (exact) mass is 728 g/mol. The van der Waals surface area contributed by atoms with Gasteiger partial charge in [0, 0.05) is 21.2 Å². The van der Waals surface area contributed by atoms with E-state index < -0.39 is 32.1 Å². The van der Waals surface area contributed by atoms with Crippen LogP contribution in [0, 0.1) is 0 Å². The number of carbonyl (C=O) groups excluding carboxylic acids is 1. The molecule has 1 heterocycles. The van der Waals surface area contributed by atoms with E-state index >= 15 is 13.9 Å². The molecule has 53 heavy (non-hydrogen) atoms. The molecule has 1 fully saturated rings. The Bertz CT molecular complexity index is 2270. The van der Waals surface area contributed by atoms with Gasteiger partial charge in [0.05, 0.1) is 12.1 Å². The smallest absolute Gasteiger partial charge is 0.244 e. The van der Waals surface area contributed by atoms with Gasteiger partial charge in [-0.2, -0.15) is 0 Å². The predicted molar refractivity (Wildman–Crippen MR) is 216 cm³/mol. The van der Waals surface area contributed by atoms with Crippen molar-refractivity contribution in [1.29, 1.82) is 0 Å². The Labute approximate surface area is 310 Å². The van der Waals surface area contributed by atoms with Crippen molar-refractivity contribution in [3.05, 3.63) is 229 Å². The van der Waals surface area contributed by atoms with E-state index in [0.717, 1.165) is 16.7 Å². The van der Waals surface area contributed by atoms with Gasteiger partial charge in [-0.3, -0.25) is 23.7 Å². The van der Waals surface area contributed by atoms with Gasteiger partial charge in [0.25, 0.3) is 0 Å². The van der Waals surface area contributed by atoms with Crippen LogP contribution in [0.2, 0.25) is 0 Å². The summed E-state index contributed by atoms with van der Waals surface area (Å²) in [7, 11) is -7.47. The maximum absolute atomic E-state index is 16.2. The van der Waals surface area contributed by atoms with E-state index in [-0.39, 0.29) is 5.91 Å². The lowest BCUT2D eigenvalue weighted by atomic mass is 9.59. The molecule has 1 amide bonds. The molecule has 1 unspecified atom stereocenters. The number of rotatable bonds is 11. The van der Waals surface area contributed by atoms with Crippen LogP contribution in [0.4, 0.5) is 0 Å². The highest BCUT2D eigenvalue weighted by molar-refractivity contribution is 7.77. The number of amides is 1. The van der Waals surface area contributed by atoms with Crippen molar-refractivity contribution in [3.8, 4) is 0 Å². The molecular weight excluding hydrogens is 690 g/mol. The lowest BCUT2D eigenvalue weighted by Gasteiger charge is -2.61. The Balaban J connectivity index is 1.44. The molecule has 0 aliphatic carbocycles. The number of hydrogen-bond acceptors (Lipinski definition) is 3. The molecule has 260 valence electrons. The van der Waals surface area contributed by atoms with Crippen LogP contribution in [0.5, 0.6) is 0 Å². The molecule has 7 aromatic carbocycles. The van der Waals surface area contributed by atoms with E-state index in [1.165, 1.54) is 0 Å². The van der Waals surface area contributed by atoms with Crippen LogP contribution in [0.1, 0.15) is 28.8 Å². The number of hydrogen-bond donors (Lipinski definition) is 1. The maximum Gasteiger partial charge on any atom is 0.244 e. The minimum absolute atomic E-state index is 0.317. The van der Waals surface area contributed by atoms with Gasteiger partial charge in [0.2, 0.25) is 20.5 Å². The third-order valence-electron chi connectivity index (χ3n) is 10.3. The fourth-order valence-corrected chi connectivity index (χ4v) is 13.3. The molecule has 5 nitrogen and oxygen atoms in total. The van der Waals surface area contributed by atoms with Gasteiger partial charge in [0.15, 0.2) is 0 Å². The number of β-lactam (4-membered cyclic amide) rings is 1. The molecule has 1 N–H and O–H groups in total. The third-order valence-corrected chi connectivity index (χ3v) is 15.9. The lowest BCUT2D eigenvalue weighted by molar-refractivity contribution is -0.153. The molecule has 8 rings (SSSR count). The quantitative estimate of drug-likeness (QED) is 0.107. The number of carbonyl (C=O) groups is 1. The molecule has 3 atom stereocenters. The zero-order valence-electron chi connectivity index (χ0n) is 28.9. The van der Waals surface area contributed by atoms with E-state index in [0.29, 0.717) is 21.2 Å². The maximum atomic E-state index is 16.2. The summed E-state index contributed by atoms with van der Waals surface area (Å²) in [4.78, 5) is 16.1. The summed E-state index contributed by atoms with van der Waals surface area (Å²) in [5.74, 6) is -0.317. The second-order valence-electron chi connectivity index (χ2n) is 13.2. The molecule has 7 heteroatoms. The second kappa shape index (κ2) is 14.5. The average Bonchev–Trinajstić information content (AvgIpc) is 3.24. The van der Waals surface area contributed by atoms with Crippen LogP contribution < -0.4 is 26.3 Å². The first-order chi connectivity index (χ1) is 26.0. The van der Waals surface area contributed by atoms with E-state index in [9.17, 15) is 0 Å². The van der Waals surface area contributed by atoms with E-state index in [1.807, 2.05) is 212 Å². The van der Waals surface area contributed by atoms with Gasteiger partial charge in [-0.1, -0.05) is 164 Å². The average molecular weight is 729 g/mol. The minimum Gasteiger partial charge on any atom is -0.297 e. The van der Waals surface area contributed by atoms with Crippen molar-refractivity contribution in [2.24, 2.45) is 0 Å². The molecular formula is C46H38N2O3P2. The van der Waals surface area contributed by atoms with Crippen molar-refractivity contribution in [1.82, 2.24) is 9.76 Å². The van der Waals surface area contributed by atoms with Crippen LogP contribution in [-0.2, 0) is 19.3 Å². The van der Waals surface area contributed by atoms with Crippen molar-refractivity contribution in [2.45, 2.75) is 17.5 Å². The van der Waals surface area contributed by atoms with Gasteiger partial charge in [0.1, 0.15) is 5.41 Å². The highest BCUT2D eigenvalue weighted by atomic mass is 31.2. The summed E-state index contributed by atoms with van der Waals surface area (Å²) in [6.07, 6.45) is 0. The predicted octanol–water partition coefficient (Wildman–Crippen LogP) is 8.70. The molecule has 1 aliphatic rings. The first-order valence-electron chi connectivity index (χ1n) is 17.7. The number of benzene rings is 7. The van der Waals surface area contributed by atoms with Crippen molar-refractivity contribution < 1.29 is 13.9 Å². The van der Waals surface area contributed by atoms with Crippen LogP contribution in [0.25, 0.3) is 0 Å². The Morgan fingerprint density at radius 3 is 1.26 bits per heavy atom. The van der Waals surface area contributed by atoms with Crippen molar-refractivity contribution in [3.63, 3.8) is 0 Å². The molecule has 0 bridgehead atoms. The summed E-state index contributed by atoms with van der Waals surface area (Å²) in [6, 6.07) is 65.2. The van der Waals surface area contributed by atoms with E-state index in [4.69, 9.17) is 0 Å². The molecule has 1 aliphatic heterocycles. The Hall–Kier alpha value is -5.57. The lowest BCUT2D eigenvalue weighted by Crippen LogP contribution is -2.70. The normalized spacial score (nSPS) is 17.8. The SMILES string of the molecule is O=C1N(P(=O)(c2ccccc2)c2ccccc2)[C@H](c2ccccc2)[C@]1(c1ccccc1)C(NP(=O)(c1ccccc1)c1ccccc1)c1ccccc1. The summed E-state index contributed by atoms with van der Waals surface area (Å²) in [5.41, 5.74) is 0.936. The zero-order valence-corrected chi connectivity index (χ0v) is 30.7. The first kappa shape index (κ1) is 34.5. The van der Waals surface area contributed by atoms with Crippen LogP contribution >= 0.6 is 14.6 Å². The van der Waals surface area contributed by atoms with Crippen molar-refractivity contribution >= 4 is 41.7 Å². The summed E-state index contributed by atoms with van der Waals surface area (Å²) < 4.78 is 33.9. The van der Waals surface area contributed by atoms with Gasteiger partial charge in [-0.15, -0.1) is 0 Å². The highest BCUT2D eigenvalue weighted by Gasteiger charge is 2.70. The van der Waals surface area contributed by atoms with Crippen LogP contribution in [0.15, 0.2) is 212 Å². The molecule has 7 aromatic rings. The number of nitrogens with zero attached hydrogens (tertiary/aromatic N) is 1. The van der Waals surface area contributed by atoms with Crippen LogP contribution in [-0.4, -0.2) is 10.6 Å². The highest BCUT2D eigenvalue weighted by Crippen LogP contribution is 2.69. The third kappa shape index (κ3) is 5.83. The van der Waals surface area contributed by atoms with Gasteiger partial charge in [-0.25, -0.2) is 0 Å². The molecule has 1 saturated heterocycles. The molecule has 0 spiro atoms. The second-order valence-corrected chi connectivity index (χ2v) is 18.3. The fraction of sp³-hybridized carbons (Fsp3) is 0.0652. The van der Waals surface area contributed by atoms with Gasteiger partial charge >= 0.3 is 0 Å². The number of nitrogens with one attached hydrogen (secondary N) is 1. The summed E-state index contributed by atoms with van der Waals surface area (Å²) >= 11 is 0. The van der Waals surface area contributed by atoms with Gasteiger partial charge < -0.3 is 0 Å². The molecule has 0 radical (unpaired) electrons. The molecule has 0 aromatic heterocycles. The molecule has 0 saturated carbocycles.